The predicted molar refractivity (Wildman–Crippen MR) is 130 cm³/mol. The molecule has 1 spiro atoms. The maximum absolute atomic E-state index is 13.2. The van der Waals surface area contributed by atoms with Crippen LogP contribution in [0, 0.1) is 17.8 Å². The Morgan fingerprint density at radius 3 is 2.26 bits per heavy atom. The minimum absolute atomic E-state index is 0.122. The summed E-state index contributed by atoms with van der Waals surface area (Å²) in [5.41, 5.74) is 2.82. The van der Waals surface area contributed by atoms with Crippen molar-refractivity contribution in [2.24, 2.45) is 17.8 Å². The van der Waals surface area contributed by atoms with Gasteiger partial charge in [0, 0.05) is 28.7 Å². The lowest BCUT2D eigenvalue weighted by atomic mass is 9.79. The van der Waals surface area contributed by atoms with Crippen molar-refractivity contribution in [2.45, 2.75) is 29.8 Å². The largest absolute Gasteiger partial charge is 0.497 e. The smallest absolute Gasteiger partial charge is 0.227 e. The van der Waals surface area contributed by atoms with Crippen molar-refractivity contribution in [1.29, 1.82) is 0 Å². The van der Waals surface area contributed by atoms with Crippen LogP contribution in [-0.2, 0) is 4.79 Å². The number of carbonyl (C=O) groups is 1. The Bertz CT molecular complexity index is 940. The number of rotatable bonds is 5. The van der Waals surface area contributed by atoms with Crippen molar-refractivity contribution in [1.82, 2.24) is 0 Å². The lowest BCUT2D eigenvalue weighted by Gasteiger charge is -2.42. The van der Waals surface area contributed by atoms with Crippen molar-refractivity contribution in [2.75, 3.05) is 31.0 Å². The minimum Gasteiger partial charge on any atom is -0.497 e. The molecule has 1 N–H and O–H groups in total. The van der Waals surface area contributed by atoms with E-state index in [4.69, 9.17) is 9.47 Å². The summed E-state index contributed by atoms with van der Waals surface area (Å²) in [5, 5.41) is 3.21. The highest BCUT2D eigenvalue weighted by atomic mass is 32.2. The highest BCUT2D eigenvalue weighted by Gasteiger charge is 2.57. The number of hydrogen-bond donors (Lipinski definition) is 1. The van der Waals surface area contributed by atoms with Crippen molar-refractivity contribution >= 4 is 35.1 Å². The van der Waals surface area contributed by atoms with Gasteiger partial charge in [0.1, 0.15) is 11.5 Å². The van der Waals surface area contributed by atoms with Crippen molar-refractivity contribution in [3.8, 4) is 22.6 Å². The lowest BCUT2D eigenvalue weighted by molar-refractivity contribution is -0.121. The fraction of sp³-hybridized carbons (Fsp3) is 0.480. The molecule has 2 bridgehead atoms. The molecular weight excluding hydrogens is 426 g/mol. The lowest BCUT2D eigenvalue weighted by Crippen LogP contribution is -2.41. The third-order valence-corrected chi connectivity index (χ3v) is 11.1. The van der Waals surface area contributed by atoms with Gasteiger partial charge in [0.15, 0.2) is 0 Å². The summed E-state index contributed by atoms with van der Waals surface area (Å²) < 4.78 is 11.3. The first-order valence-corrected chi connectivity index (χ1v) is 13.0. The van der Waals surface area contributed by atoms with Crippen LogP contribution in [0.5, 0.6) is 11.5 Å². The molecule has 3 fully saturated rings. The molecule has 3 atom stereocenters. The van der Waals surface area contributed by atoms with Gasteiger partial charge in [-0.2, -0.15) is 0 Å². The van der Waals surface area contributed by atoms with Crippen molar-refractivity contribution in [3.63, 3.8) is 0 Å². The second-order valence-corrected chi connectivity index (χ2v) is 11.7. The van der Waals surface area contributed by atoms with E-state index in [9.17, 15) is 4.79 Å². The Morgan fingerprint density at radius 1 is 0.968 bits per heavy atom. The van der Waals surface area contributed by atoms with Crippen LogP contribution in [0.25, 0.3) is 11.1 Å². The normalized spacial score (nSPS) is 26.1. The molecule has 3 aliphatic rings. The third kappa shape index (κ3) is 3.82. The molecule has 31 heavy (non-hydrogen) atoms. The summed E-state index contributed by atoms with van der Waals surface area (Å²) in [6, 6.07) is 13.8. The van der Waals surface area contributed by atoms with Gasteiger partial charge in [-0.3, -0.25) is 4.79 Å². The van der Waals surface area contributed by atoms with Crippen LogP contribution in [0.2, 0.25) is 0 Å². The molecule has 2 aromatic rings. The van der Waals surface area contributed by atoms with Crippen LogP contribution in [-0.4, -0.2) is 35.7 Å². The molecule has 1 aliphatic heterocycles. The average molecular weight is 456 g/mol. The molecule has 0 aromatic heterocycles. The molecule has 2 aliphatic carbocycles. The molecule has 1 amide bonds. The number of ether oxygens (including phenoxy) is 2. The first-order valence-electron chi connectivity index (χ1n) is 11.0. The van der Waals surface area contributed by atoms with Gasteiger partial charge < -0.3 is 14.8 Å². The maximum atomic E-state index is 13.2. The van der Waals surface area contributed by atoms with Crippen LogP contribution in [0.3, 0.4) is 0 Å². The van der Waals surface area contributed by atoms with E-state index < -0.39 is 0 Å². The van der Waals surface area contributed by atoms with Gasteiger partial charge in [0.25, 0.3) is 0 Å². The van der Waals surface area contributed by atoms with E-state index in [1.165, 1.54) is 24.3 Å². The summed E-state index contributed by atoms with van der Waals surface area (Å²) in [5.74, 6) is 5.81. The molecular formula is C25H29NO3S2. The third-order valence-electron chi connectivity index (χ3n) is 7.12. The molecule has 1 unspecified atom stereocenters. The topological polar surface area (TPSA) is 47.6 Å². The van der Waals surface area contributed by atoms with Crippen LogP contribution in [0.1, 0.15) is 25.7 Å². The second kappa shape index (κ2) is 8.62. The van der Waals surface area contributed by atoms with E-state index in [1.807, 2.05) is 42.5 Å². The number of carbonyl (C=O) groups excluding carboxylic acids is 1. The molecule has 164 valence electrons. The van der Waals surface area contributed by atoms with Crippen molar-refractivity contribution < 1.29 is 14.3 Å². The average Bonchev–Trinajstić information content (AvgIpc) is 3.34. The Kier molecular flexibility index (Phi) is 5.86. The number of amides is 1. The summed E-state index contributed by atoms with van der Waals surface area (Å²) in [6.45, 7) is 0. The molecule has 0 radical (unpaired) electrons. The fourth-order valence-electron chi connectivity index (χ4n) is 5.64. The van der Waals surface area contributed by atoms with E-state index in [0.717, 1.165) is 41.2 Å². The van der Waals surface area contributed by atoms with Crippen LogP contribution < -0.4 is 14.8 Å². The number of benzene rings is 2. The highest BCUT2D eigenvalue weighted by molar-refractivity contribution is 8.21. The number of methoxy groups -OCH3 is 2. The van der Waals surface area contributed by atoms with Crippen LogP contribution in [0.4, 0.5) is 5.69 Å². The van der Waals surface area contributed by atoms with Gasteiger partial charge in [-0.1, -0.05) is 12.1 Å². The highest BCUT2D eigenvalue weighted by Crippen LogP contribution is 2.65. The summed E-state index contributed by atoms with van der Waals surface area (Å²) in [6.07, 6.45) is 4.64. The minimum atomic E-state index is 0.122. The van der Waals surface area contributed by atoms with E-state index >= 15 is 0 Å². The van der Waals surface area contributed by atoms with Gasteiger partial charge in [0.05, 0.1) is 18.3 Å². The van der Waals surface area contributed by atoms with Crippen molar-refractivity contribution in [3.05, 3.63) is 42.5 Å². The quantitative estimate of drug-likeness (QED) is 0.606. The summed E-state index contributed by atoms with van der Waals surface area (Å²) in [4.78, 5) is 13.2. The maximum Gasteiger partial charge on any atom is 0.227 e. The standard InChI is InChI=1S/C25H29NO3S2/c1-28-21-8-3-16(4-9-21)22-15-20(7-10-23(22)29-2)26-24(27)17-13-18-5-6-19(14-17)25(18)30-11-12-31-25/h3-4,7-10,15,17-19H,5-6,11-14H2,1-2H3,(H,26,27)/t17?,18-,19+. The first-order chi connectivity index (χ1) is 15.1. The van der Waals surface area contributed by atoms with Crippen LogP contribution >= 0.6 is 23.5 Å². The number of anilines is 1. The monoisotopic (exact) mass is 455 g/mol. The molecule has 4 nitrogen and oxygen atoms in total. The first kappa shape index (κ1) is 21.1. The number of nitrogens with one attached hydrogen (secondary N) is 1. The van der Waals surface area contributed by atoms with Gasteiger partial charge in [-0.25, -0.2) is 0 Å². The number of thioether (sulfide) groups is 2. The molecule has 1 heterocycles. The van der Waals surface area contributed by atoms with Crippen LogP contribution in [0.15, 0.2) is 42.5 Å². The van der Waals surface area contributed by atoms with Gasteiger partial charge >= 0.3 is 0 Å². The SMILES string of the molecule is COc1ccc(-c2cc(NC(=O)C3C[C@H]4CC[C@@H](C3)C43SCCS3)ccc2OC)cc1. The Morgan fingerprint density at radius 2 is 1.65 bits per heavy atom. The van der Waals surface area contributed by atoms with E-state index in [-0.39, 0.29) is 11.8 Å². The molecule has 2 aromatic carbocycles. The Labute approximate surface area is 192 Å². The summed E-state index contributed by atoms with van der Waals surface area (Å²) >= 11 is 4.35. The molecule has 2 saturated carbocycles. The Balaban J connectivity index is 1.32. The Hall–Kier alpha value is -1.79. The predicted octanol–water partition coefficient (Wildman–Crippen LogP) is 5.92. The molecule has 5 rings (SSSR count). The zero-order valence-electron chi connectivity index (χ0n) is 18.1. The van der Waals surface area contributed by atoms with E-state index in [2.05, 4.69) is 28.8 Å². The van der Waals surface area contributed by atoms with Gasteiger partial charge in [-0.05, 0) is 73.4 Å². The summed E-state index contributed by atoms with van der Waals surface area (Å²) in [7, 11) is 3.34. The van der Waals surface area contributed by atoms with Gasteiger partial charge in [0.2, 0.25) is 5.91 Å². The van der Waals surface area contributed by atoms with E-state index in [1.54, 1.807) is 14.2 Å². The second-order valence-electron chi connectivity index (χ2n) is 8.69. The number of hydrogen-bond acceptors (Lipinski definition) is 5. The van der Waals surface area contributed by atoms with Gasteiger partial charge in [-0.15, -0.1) is 23.5 Å². The zero-order valence-corrected chi connectivity index (χ0v) is 19.7. The fourth-order valence-corrected chi connectivity index (χ4v) is 9.58. The molecule has 1 saturated heterocycles. The molecule has 6 heteroatoms. The van der Waals surface area contributed by atoms with E-state index in [0.29, 0.717) is 15.9 Å². The zero-order chi connectivity index (χ0) is 21.4.